The first-order chi connectivity index (χ1) is 11.0. The maximum Gasteiger partial charge on any atom is 0.320 e. The fraction of sp³-hybridized carbons (Fsp3) is 0.312. The Balaban J connectivity index is 1.97. The molecular formula is C16H17FN2O4. The molecule has 122 valence electrons. The molecule has 0 unspecified atom stereocenters. The van der Waals surface area contributed by atoms with Crippen LogP contribution in [0.25, 0.3) is 0 Å². The van der Waals surface area contributed by atoms with E-state index in [-0.39, 0.29) is 24.0 Å². The molecule has 2 amide bonds. The van der Waals surface area contributed by atoms with Gasteiger partial charge in [-0.05, 0) is 32.0 Å². The lowest BCUT2D eigenvalue weighted by atomic mass is 10.1. The number of carbonyl (C=O) groups excluding carboxylic acids is 2. The number of aliphatic carboxylic acids is 1. The second kappa shape index (κ2) is 7.15. The molecule has 1 atom stereocenters. The lowest BCUT2D eigenvalue weighted by Crippen LogP contribution is -2.33. The second-order valence-corrected chi connectivity index (χ2v) is 5.15. The van der Waals surface area contributed by atoms with E-state index in [4.69, 9.17) is 5.11 Å². The molecule has 0 bridgehead atoms. The molecule has 0 saturated carbocycles. The minimum absolute atomic E-state index is 0.187. The molecule has 2 rings (SSSR count). The van der Waals surface area contributed by atoms with Crippen molar-refractivity contribution < 1.29 is 23.9 Å². The molecule has 0 radical (unpaired) electrons. The number of hydrogen-bond donors (Lipinski definition) is 2. The van der Waals surface area contributed by atoms with Gasteiger partial charge in [0.05, 0.1) is 17.7 Å². The molecule has 6 nitrogen and oxygen atoms in total. The Morgan fingerprint density at radius 2 is 1.87 bits per heavy atom. The van der Waals surface area contributed by atoms with Gasteiger partial charge in [-0.25, -0.2) is 4.39 Å². The number of hydrogen-bond acceptors (Lipinski definition) is 4. The number of fused-ring (bicyclic) bond motifs is 1. The van der Waals surface area contributed by atoms with E-state index >= 15 is 0 Å². The number of likely N-dealkylation sites (N-methyl/N-ethyl adjacent to an activating group) is 1. The smallest absolute Gasteiger partial charge is 0.320 e. The van der Waals surface area contributed by atoms with Crippen LogP contribution in [0.4, 0.5) is 4.39 Å². The number of carboxylic acids is 1. The summed E-state index contributed by atoms with van der Waals surface area (Å²) >= 11 is 0. The van der Waals surface area contributed by atoms with E-state index in [1.165, 1.54) is 25.3 Å². The Morgan fingerprint density at radius 1 is 1.30 bits per heavy atom. The van der Waals surface area contributed by atoms with Gasteiger partial charge in [0.1, 0.15) is 11.9 Å². The first-order valence-corrected chi connectivity index (χ1v) is 7.15. The summed E-state index contributed by atoms with van der Waals surface area (Å²) in [6, 6.07) is 5.58. The van der Waals surface area contributed by atoms with Gasteiger partial charge in [-0.1, -0.05) is 18.2 Å². The number of nitrogens with one attached hydrogen (secondary N) is 1. The first-order valence-electron chi connectivity index (χ1n) is 7.15. The lowest BCUT2D eigenvalue weighted by Gasteiger charge is -2.12. The number of imide groups is 1. The van der Waals surface area contributed by atoms with Crippen molar-refractivity contribution >= 4 is 17.8 Å². The summed E-state index contributed by atoms with van der Waals surface area (Å²) in [6.07, 6.45) is 1.60. The Kier molecular flexibility index (Phi) is 5.23. The van der Waals surface area contributed by atoms with E-state index in [2.05, 4.69) is 5.32 Å². The van der Waals surface area contributed by atoms with E-state index in [1.807, 2.05) is 0 Å². The average Bonchev–Trinajstić information content (AvgIpc) is 2.77. The van der Waals surface area contributed by atoms with Crippen LogP contribution in [0.2, 0.25) is 0 Å². The number of carbonyl (C=O) groups is 3. The Hall–Kier alpha value is -2.54. The summed E-state index contributed by atoms with van der Waals surface area (Å²) < 4.78 is 13.9. The summed E-state index contributed by atoms with van der Waals surface area (Å²) in [5, 5.41) is 11.5. The van der Waals surface area contributed by atoms with Crippen LogP contribution in [0.15, 0.2) is 36.2 Å². The van der Waals surface area contributed by atoms with Crippen molar-refractivity contribution in [1.29, 1.82) is 0 Å². The van der Waals surface area contributed by atoms with Crippen molar-refractivity contribution in [2.24, 2.45) is 0 Å². The second-order valence-electron chi connectivity index (χ2n) is 5.15. The van der Waals surface area contributed by atoms with Gasteiger partial charge in [0, 0.05) is 0 Å². The highest BCUT2D eigenvalue weighted by Crippen LogP contribution is 2.23. The quantitative estimate of drug-likeness (QED) is 0.745. The van der Waals surface area contributed by atoms with Crippen molar-refractivity contribution in [3.8, 4) is 0 Å². The molecule has 0 saturated heterocycles. The van der Waals surface area contributed by atoms with E-state index in [1.54, 1.807) is 12.1 Å². The number of rotatable bonds is 7. The van der Waals surface area contributed by atoms with Crippen LogP contribution in [0.3, 0.4) is 0 Å². The number of benzene rings is 1. The lowest BCUT2D eigenvalue weighted by molar-refractivity contribution is -0.139. The van der Waals surface area contributed by atoms with Crippen molar-refractivity contribution in [1.82, 2.24) is 10.2 Å². The zero-order valence-electron chi connectivity index (χ0n) is 12.6. The molecule has 1 aliphatic rings. The van der Waals surface area contributed by atoms with Gasteiger partial charge in [0.2, 0.25) is 0 Å². The van der Waals surface area contributed by atoms with Crippen LogP contribution in [-0.4, -0.2) is 47.4 Å². The standard InChI is InChI=1S/C16H17FN2O4/c1-18-13(16(22)23)8-4-5-10(17)9-19-14(20)11-6-2-3-7-12(11)15(19)21/h2-3,5-7,13,18H,4,8-9H2,1H3,(H,22,23)/b10-5-/t13-/m0/s1. The topological polar surface area (TPSA) is 86.7 Å². The fourth-order valence-corrected chi connectivity index (χ4v) is 2.40. The third-order valence-electron chi connectivity index (χ3n) is 3.66. The molecule has 0 aromatic heterocycles. The molecule has 7 heteroatoms. The van der Waals surface area contributed by atoms with Crippen LogP contribution >= 0.6 is 0 Å². The third kappa shape index (κ3) is 3.62. The summed E-state index contributed by atoms with van der Waals surface area (Å²) in [6.45, 7) is -0.441. The summed E-state index contributed by atoms with van der Waals surface area (Å²) in [7, 11) is 1.51. The number of halogens is 1. The Labute approximate surface area is 132 Å². The van der Waals surface area contributed by atoms with Gasteiger partial charge in [-0.3, -0.25) is 19.3 Å². The van der Waals surface area contributed by atoms with Crippen molar-refractivity contribution in [3.63, 3.8) is 0 Å². The zero-order valence-corrected chi connectivity index (χ0v) is 12.6. The molecule has 1 aliphatic heterocycles. The SMILES string of the molecule is CN[C@@H](CC/C=C(\F)CN1C(=O)c2ccccc2C1=O)C(=O)O. The molecule has 1 aromatic carbocycles. The average molecular weight is 320 g/mol. The number of nitrogens with zero attached hydrogens (tertiary/aromatic N) is 1. The Bertz CT molecular complexity index is 637. The van der Waals surface area contributed by atoms with E-state index in [0.717, 1.165) is 4.90 Å². The first kappa shape index (κ1) is 16.8. The molecule has 1 aromatic rings. The van der Waals surface area contributed by atoms with Gasteiger partial charge in [0.15, 0.2) is 0 Å². The van der Waals surface area contributed by atoms with Crippen LogP contribution < -0.4 is 5.32 Å². The van der Waals surface area contributed by atoms with Crippen LogP contribution in [0, 0.1) is 0 Å². The monoisotopic (exact) mass is 320 g/mol. The van der Waals surface area contributed by atoms with E-state index < -0.39 is 36.2 Å². The van der Waals surface area contributed by atoms with Crippen molar-refractivity contribution in [3.05, 3.63) is 47.3 Å². The number of allylic oxidation sites excluding steroid dienone is 1. The predicted molar refractivity (Wildman–Crippen MR) is 80.7 cm³/mol. The number of amides is 2. The predicted octanol–water partition coefficient (Wildman–Crippen LogP) is 1.59. The zero-order chi connectivity index (χ0) is 17.0. The molecule has 1 heterocycles. The molecule has 0 fully saturated rings. The van der Waals surface area contributed by atoms with Crippen molar-refractivity contribution in [2.45, 2.75) is 18.9 Å². The van der Waals surface area contributed by atoms with Gasteiger partial charge < -0.3 is 10.4 Å². The number of carboxylic acid groups (broad SMARTS) is 1. The third-order valence-corrected chi connectivity index (χ3v) is 3.66. The highest BCUT2D eigenvalue weighted by molar-refractivity contribution is 6.21. The van der Waals surface area contributed by atoms with Crippen LogP contribution in [-0.2, 0) is 4.79 Å². The molecule has 0 spiro atoms. The maximum absolute atomic E-state index is 13.9. The molecule has 23 heavy (non-hydrogen) atoms. The van der Waals surface area contributed by atoms with Crippen molar-refractivity contribution in [2.75, 3.05) is 13.6 Å². The highest BCUT2D eigenvalue weighted by atomic mass is 19.1. The van der Waals surface area contributed by atoms with E-state index in [0.29, 0.717) is 0 Å². The largest absolute Gasteiger partial charge is 0.480 e. The molecular weight excluding hydrogens is 303 g/mol. The fourth-order valence-electron chi connectivity index (χ4n) is 2.40. The van der Waals surface area contributed by atoms with E-state index in [9.17, 15) is 18.8 Å². The Morgan fingerprint density at radius 3 is 2.35 bits per heavy atom. The van der Waals surface area contributed by atoms with Crippen LogP contribution in [0.1, 0.15) is 33.6 Å². The molecule has 2 N–H and O–H groups in total. The van der Waals surface area contributed by atoms with Crippen LogP contribution in [0.5, 0.6) is 0 Å². The summed E-state index contributed by atoms with van der Waals surface area (Å²) in [5.74, 6) is -2.69. The maximum atomic E-state index is 13.9. The summed E-state index contributed by atoms with van der Waals surface area (Å²) in [5.41, 5.74) is 0.540. The minimum Gasteiger partial charge on any atom is -0.480 e. The van der Waals surface area contributed by atoms with Gasteiger partial charge in [-0.2, -0.15) is 0 Å². The normalized spacial score (nSPS) is 15.7. The van der Waals surface area contributed by atoms with Gasteiger partial charge in [-0.15, -0.1) is 0 Å². The molecule has 0 aliphatic carbocycles. The minimum atomic E-state index is -1.01. The van der Waals surface area contributed by atoms with Gasteiger partial charge in [0.25, 0.3) is 11.8 Å². The summed E-state index contributed by atoms with van der Waals surface area (Å²) in [4.78, 5) is 35.8. The van der Waals surface area contributed by atoms with Gasteiger partial charge >= 0.3 is 5.97 Å². The highest BCUT2D eigenvalue weighted by Gasteiger charge is 2.35.